The molecule has 1 aromatic carbocycles. The van der Waals surface area contributed by atoms with E-state index in [0.717, 1.165) is 37.6 Å². The molecular weight excluding hydrogens is 288 g/mol. The van der Waals surface area contributed by atoms with E-state index in [0.29, 0.717) is 6.54 Å². The SMILES string of the molecule is Cc1cc(NC(=O)CN2CCN(c3ccccc3)CC2)ccn1. The number of aromatic nitrogens is 1. The lowest BCUT2D eigenvalue weighted by Crippen LogP contribution is -2.48. The van der Waals surface area contributed by atoms with Crippen LogP contribution in [0.5, 0.6) is 0 Å². The first-order chi connectivity index (χ1) is 11.2. The molecule has 120 valence electrons. The van der Waals surface area contributed by atoms with Crippen molar-refractivity contribution in [2.75, 3.05) is 42.9 Å². The van der Waals surface area contributed by atoms with E-state index in [1.54, 1.807) is 6.20 Å². The fourth-order valence-electron chi connectivity index (χ4n) is 2.83. The number of hydrogen-bond donors (Lipinski definition) is 1. The Bertz CT molecular complexity index is 651. The maximum absolute atomic E-state index is 12.2. The lowest BCUT2D eigenvalue weighted by molar-refractivity contribution is -0.117. The minimum absolute atomic E-state index is 0.0313. The predicted octanol–water partition coefficient (Wildman–Crippen LogP) is 2.15. The number of piperazine rings is 1. The lowest BCUT2D eigenvalue weighted by Gasteiger charge is -2.35. The number of rotatable bonds is 4. The average molecular weight is 310 g/mol. The van der Waals surface area contributed by atoms with Crippen LogP contribution in [-0.4, -0.2) is 48.5 Å². The summed E-state index contributed by atoms with van der Waals surface area (Å²) in [6.45, 7) is 6.05. The maximum atomic E-state index is 12.2. The number of benzene rings is 1. The molecule has 1 saturated heterocycles. The molecule has 23 heavy (non-hydrogen) atoms. The lowest BCUT2D eigenvalue weighted by atomic mass is 10.2. The Balaban J connectivity index is 1.48. The molecule has 1 fully saturated rings. The summed E-state index contributed by atoms with van der Waals surface area (Å²) in [5.74, 6) is 0.0313. The molecule has 0 bridgehead atoms. The zero-order chi connectivity index (χ0) is 16.1. The minimum atomic E-state index is 0.0313. The van der Waals surface area contributed by atoms with E-state index in [1.165, 1.54) is 5.69 Å². The molecule has 5 heteroatoms. The fourth-order valence-corrected chi connectivity index (χ4v) is 2.83. The topological polar surface area (TPSA) is 48.5 Å². The van der Waals surface area contributed by atoms with E-state index in [1.807, 2.05) is 25.1 Å². The molecule has 2 heterocycles. The molecule has 5 nitrogen and oxygen atoms in total. The number of para-hydroxylation sites is 1. The quantitative estimate of drug-likeness (QED) is 0.940. The molecule has 2 aromatic rings. The van der Waals surface area contributed by atoms with Crippen molar-refractivity contribution in [3.05, 3.63) is 54.4 Å². The van der Waals surface area contributed by atoms with Gasteiger partial charge in [0.1, 0.15) is 0 Å². The van der Waals surface area contributed by atoms with Crippen molar-refractivity contribution < 1.29 is 4.79 Å². The first-order valence-electron chi connectivity index (χ1n) is 7.95. The van der Waals surface area contributed by atoms with Crippen LogP contribution in [0.25, 0.3) is 0 Å². The summed E-state index contributed by atoms with van der Waals surface area (Å²) < 4.78 is 0. The van der Waals surface area contributed by atoms with E-state index in [-0.39, 0.29) is 5.91 Å². The highest BCUT2D eigenvalue weighted by atomic mass is 16.2. The summed E-state index contributed by atoms with van der Waals surface area (Å²) in [6.07, 6.45) is 1.71. The van der Waals surface area contributed by atoms with Gasteiger partial charge in [0.2, 0.25) is 5.91 Å². The van der Waals surface area contributed by atoms with Gasteiger partial charge < -0.3 is 10.2 Å². The molecule has 1 amide bonds. The van der Waals surface area contributed by atoms with Gasteiger partial charge in [0, 0.05) is 49.4 Å². The van der Waals surface area contributed by atoms with Crippen LogP contribution in [0.2, 0.25) is 0 Å². The van der Waals surface area contributed by atoms with E-state index >= 15 is 0 Å². The van der Waals surface area contributed by atoms with Gasteiger partial charge in [-0.2, -0.15) is 0 Å². The van der Waals surface area contributed by atoms with Crippen LogP contribution in [0, 0.1) is 6.92 Å². The Kier molecular flexibility index (Phi) is 4.88. The molecule has 1 N–H and O–H groups in total. The van der Waals surface area contributed by atoms with Gasteiger partial charge in [-0.3, -0.25) is 14.7 Å². The Labute approximate surface area is 136 Å². The number of carbonyl (C=O) groups excluding carboxylic acids is 1. The van der Waals surface area contributed by atoms with Crippen molar-refractivity contribution in [3.8, 4) is 0 Å². The molecule has 3 rings (SSSR count). The van der Waals surface area contributed by atoms with Gasteiger partial charge in [-0.1, -0.05) is 18.2 Å². The Morgan fingerprint density at radius 3 is 2.57 bits per heavy atom. The number of nitrogens with one attached hydrogen (secondary N) is 1. The van der Waals surface area contributed by atoms with Crippen LogP contribution in [0.4, 0.5) is 11.4 Å². The highest BCUT2D eigenvalue weighted by Crippen LogP contribution is 2.15. The molecule has 0 aliphatic carbocycles. The Hall–Kier alpha value is -2.40. The Morgan fingerprint density at radius 2 is 1.87 bits per heavy atom. The van der Waals surface area contributed by atoms with Crippen LogP contribution in [-0.2, 0) is 4.79 Å². The average Bonchev–Trinajstić information content (AvgIpc) is 2.56. The minimum Gasteiger partial charge on any atom is -0.369 e. The highest BCUT2D eigenvalue weighted by Gasteiger charge is 2.19. The summed E-state index contributed by atoms with van der Waals surface area (Å²) >= 11 is 0. The van der Waals surface area contributed by atoms with Gasteiger partial charge in [-0.05, 0) is 31.2 Å². The number of carbonyl (C=O) groups is 1. The van der Waals surface area contributed by atoms with E-state index in [9.17, 15) is 4.79 Å². The zero-order valence-corrected chi connectivity index (χ0v) is 13.4. The van der Waals surface area contributed by atoms with Gasteiger partial charge in [0.05, 0.1) is 6.54 Å². The van der Waals surface area contributed by atoms with Gasteiger partial charge in [0.25, 0.3) is 0 Å². The van der Waals surface area contributed by atoms with Crippen molar-refractivity contribution in [1.29, 1.82) is 0 Å². The second-order valence-corrected chi connectivity index (χ2v) is 5.83. The number of hydrogen-bond acceptors (Lipinski definition) is 4. The summed E-state index contributed by atoms with van der Waals surface area (Å²) in [5, 5.41) is 2.94. The van der Waals surface area contributed by atoms with Crippen LogP contribution in [0.1, 0.15) is 5.69 Å². The van der Waals surface area contributed by atoms with Crippen molar-refractivity contribution in [2.24, 2.45) is 0 Å². The second kappa shape index (κ2) is 7.24. The van der Waals surface area contributed by atoms with Crippen molar-refractivity contribution >= 4 is 17.3 Å². The first kappa shape index (κ1) is 15.5. The zero-order valence-electron chi connectivity index (χ0n) is 13.4. The molecule has 1 aromatic heterocycles. The van der Waals surface area contributed by atoms with Crippen LogP contribution in [0.15, 0.2) is 48.7 Å². The fraction of sp³-hybridized carbons (Fsp3) is 0.333. The number of anilines is 2. The number of amides is 1. The van der Waals surface area contributed by atoms with Gasteiger partial charge in [-0.15, -0.1) is 0 Å². The maximum Gasteiger partial charge on any atom is 0.238 e. The van der Waals surface area contributed by atoms with Crippen LogP contribution in [0.3, 0.4) is 0 Å². The van der Waals surface area contributed by atoms with Gasteiger partial charge >= 0.3 is 0 Å². The Morgan fingerprint density at radius 1 is 1.13 bits per heavy atom. The van der Waals surface area contributed by atoms with E-state index in [4.69, 9.17) is 0 Å². The third-order valence-electron chi connectivity index (χ3n) is 4.04. The molecule has 0 saturated carbocycles. The largest absolute Gasteiger partial charge is 0.369 e. The molecule has 1 aliphatic rings. The van der Waals surface area contributed by atoms with Crippen molar-refractivity contribution in [2.45, 2.75) is 6.92 Å². The predicted molar refractivity (Wildman–Crippen MR) is 92.7 cm³/mol. The van der Waals surface area contributed by atoms with Crippen molar-refractivity contribution in [1.82, 2.24) is 9.88 Å². The molecular formula is C18H22N4O. The summed E-state index contributed by atoms with van der Waals surface area (Å²) in [4.78, 5) is 20.8. The van der Waals surface area contributed by atoms with Gasteiger partial charge in [0.15, 0.2) is 0 Å². The summed E-state index contributed by atoms with van der Waals surface area (Å²) in [7, 11) is 0. The summed E-state index contributed by atoms with van der Waals surface area (Å²) in [6, 6.07) is 14.1. The smallest absolute Gasteiger partial charge is 0.238 e. The third-order valence-corrected chi connectivity index (χ3v) is 4.04. The number of nitrogens with zero attached hydrogens (tertiary/aromatic N) is 3. The number of pyridine rings is 1. The number of aryl methyl sites for hydroxylation is 1. The standard InChI is InChI=1S/C18H22N4O/c1-15-13-16(7-8-19-15)20-18(23)14-21-9-11-22(12-10-21)17-5-3-2-4-6-17/h2-8,13H,9-12,14H2,1H3,(H,19,20,23). The first-order valence-corrected chi connectivity index (χ1v) is 7.95. The van der Waals surface area contributed by atoms with Gasteiger partial charge in [-0.25, -0.2) is 0 Å². The molecule has 0 radical (unpaired) electrons. The molecule has 1 aliphatic heterocycles. The van der Waals surface area contributed by atoms with E-state index in [2.05, 4.69) is 44.4 Å². The van der Waals surface area contributed by atoms with Crippen LogP contribution < -0.4 is 10.2 Å². The summed E-state index contributed by atoms with van der Waals surface area (Å²) in [5.41, 5.74) is 2.97. The van der Waals surface area contributed by atoms with Crippen molar-refractivity contribution in [3.63, 3.8) is 0 Å². The highest BCUT2D eigenvalue weighted by molar-refractivity contribution is 5.92. The van der Waals surface area contributed by atoms with Crippen LogP contribution >= 0.6 is 0 Å². The molecule has 0 unspecified atom stereocenters. The third kappa shape index (κ3) is 4.29. The second-order valence-electron chi connectivity index (χ2n) is 5.83. The van der Waals surface area contributed by atoms with E-state index < -0.39 is 0 Å². The molecule has 0 atom stereocenters. The monoisotopic (exact) mass is 310 g/mol. The molecule has 0 spiro atoms. The normalized spacial score (nSPS) is 15.4.